The van der Waals surface area contributed by atoms with E-state index in [9.17, 15) is 4.79 Å². The topological polar surface area (TPSA) is 41.4 Å². The Balaban J connectivity index is 1.39. The molecule has 1 aliphatic rings. The minimum Gasteiger partial charge on any atom is -0.335 e. The predicted octanol–water partition coefficient (Wildman–Crippen LogP) is 3.20. The van der Waals surface area contributed by atoms with Gasteiger partial charge in [-0.05, 0) is 24.6 Å². The number of rotatable bonds is 4. The number of amides is 1. The molecule has 1 saturated heterocycles. The van der Waals surface area contributed by atoms with Crippen LogP contribution in [0.4, 0.5) is 0 Å². The first-order chi connectivity index (χ1) is 12.7. The number of thiazole rings is 1. The van der Waals surface area contributed by atoms with E-state index in [-0.39, 0.29) is 5.91 Å². The van der Waals surface area contributed by atoms with Crippen molar-refractivity contribution in [3.8, 4) is 5.13 Å². The molecule has 1 aliphatic heterocycles. The molecule has 134 valence electrons. The Morgan fingerprint density at radius 1 is 1.04 bits per heavy atom. The lowest BCUT2D eigenvalue weighted by Gasteiger charge is -2.34. The van der Waals surface area contributed by atoms with E-state index in [0.29, 0.717) is 0 Å². The molecule has 3 heterocycles. The van der Waals surface area contributed by atoms with Crippen molar-refractivity contribution >= 4 is 17.2 Å². The summed E-state index contributed by atoms with van der Waals surface area (Å²) < 4.78 is 1.95. The zero-order chi connectivity index (χ0) is 17.9. The summed E-state index contributed by atoms with van der Waals surface area (Å²) >= 11 is 1.47. The monoisotopic (exact) mass is 366 g/mol. The molecule has 0 spiro atoms. The molecule has 1 fully saturated rings. The van der Waals surface area contributed by atoms with Gasteiger partial charge in [-0.2, -0.15) is 0 Å². The SMILES string of the molecule is Cc1nc(-n2cccc2)sc1C(=O)N1CCN(Cc2ccccc2)CC1. The van der Waals surface area contributed by atoms with Crippen molar-refractivity contribution < 1.29 is 4.79 Å². The van der Waals surface area contributed by atoms with Crippen molar-refractivity contribution in [3.63, 3.8) is 0 Å². The number of nitrogens with zero attached hydrogens (tertiary/aromatic N) is 4. The molecule has 6 heteroatoms. The van der Waals surface area contributed by atoms with Gasteiger partial charge in [0.2, 0.25) is 0 Å². The van der Waals surface area contributed by atoms with Gasteiger partial charge in [0.15, 0.2) is 5.13 Å². The van der Waals surface area contributed by atoms with Crippen LogP contribution in [0.25, 0.3) is 5.13 Å². The third-order valence-electron chi connectivity index (χ3n) is 4.71. The van der Waals surface area contributed by atoms with Gasteiger partial charge in [0.1, 0.15) is 4.88 Å². The largest absolute Gasteiger partial charge is 0.335 e. The first-order valence-corrected chi connectivity index (χ1v) is 9.69. The van der Waals surface area contributed by atoms with Crippen LogP contribution >= 0.6 is 11.3 Å². The highest BCUT2D eigenvalue weighted by Crippen LogP contribution is 2.24. The van der Waals surface area contributed by atoms with Crippen molar-refractivity contribution in [1.82, 2.24) is 19.4 Å². The number of carbonyl (C=O) groups excluding carboxylic acids is 1. The summed E-state index contributed by atoms with van der Waals surface area (Å²) in [4.78, 5) is 22.6. The molecule has 0 unspecified atom stereocenters. The molecule has 26 heavy (non-hydrogen) atoms. The second kappa shape index (κ2) is 7.43. The quantitative estimate of drug-likeness (QED) is 0.712. The Kier molecular flexibility index (Phi) is 4.86. The summed E-state index contributed by atoms with van der Waals surface area (Å²) in [5, 5.41) is 0.846. The van der Waals surface area contributed by atoms with Crippen LogP contribution in [0.2, 0.25) is 0 Å². The molecule has 1 aromatic carbocycles. The maximum atomic E-state index is 12.9. The third-order valence-corrected chi connectivity index (χ3v) is 5.87. The summed E-state index contributed by atoms with van der Waals surface area (Å²) in [5.41, 5.74) is 2.14. The Morgan fingerprint density at radius 3 is 2.42 bits per heavy atom. The first kappa shape index (κ1) is 17.0. The van der Waals surface area contributed by atoms with Gasteiger partial charge in [0.05, 0.1) is 5.69 Å². The molecule has 0 N–H and O–H groups in total. The highest BCUT2D eigenvalue weighted by atomic mass is 32.1. The molecule has 3 aromatic rings. The summed E-state index contributed by atoms with van der Waals surface area (Å²) in [6, 6.07) is 14.4. The van der Waals surface area contributed by atoms with E-state index >= 15 is 0 Å². The summed E-state index contributed by atoms with van der Waals surface area (Å²) in [5.74, 6) is 0.109. The first-order valence-electron chi connectivity index (χ1n) is 8.87. The van der Waals surface area contributed by atoms with Crippen molar-refractivity contribution in [2.45, 2.75) is 13.5 Å². The normalized spacial score (nSPS) is 15.3. The van der Waals surface area contributed by atoms with Crippen molar-refractivity contribution in [1.29, 1.82) is 0 Å². The fourth-order valence-electron chi connectivity index (χ4n) is 3.25. The molecular weight excluding hydrogens is 344 g/mol. The van der Waals surface area contributed by atoms with Crippen LogP contribution in [-0.2, 0) is 6.54 Å². The van der Waals surface area contributed by atoms with Crippen molar-refractivity contribution in [3.05, 3.63) is 71.0 Å². The minimum atomic E-state index is 0.109. The number of aromatic nitrogens is 2. The van der Waals surface area contributed by atoms with Crippen LogP contribution in [0.1, 0.15) is 20.9 Å². The minimum absolute atomic E-state index is 0.109. The maximum Gasteiger partial charge on any atom is 0.266 e. The lowest BCUT2D eigenvalue weighted by molar-refractivity contribution is 0.0632. The van der Waals surface area contributed by atoms with E-state index in [1.54, 1.807) is 0 Å². The number of aryl methyl sites for hydroxylation is 1. The number of hydrogen-bond donors (Lipinski definition) is 0. The van der Waals surface area contributed by atoms with Gasteiger partial charge in [-0.25, -0.2) is 4.98 Å². The molecule has 0 aliphatic carbocycles. The number of carbonyl (C=O) groups is 1. The molecule has 5 nitrogen and oxygen atoms in total. The fourth-order valence-corrected chi connectivity index (χ4v) is 4.25. The van der Waals surface area contributed by atoms with Gasteiger partial charge in [0.25, 0.3) is 5.91 Å². The Morgan fingerprint density at radius 2 is 1.73 bits per heavy atom. The number of hydrogen-bond acceptors (Lipinski definition) is 4. The average Bonchev–Trinajstić information content (AvgIpc) is 3.32. The molecule has 0 saturated carbocycles. The van der Waals surface area contributed by atoms with E-state index in [4.69, 9.17) is 0 Å². The van der Waals surface area contributed by atoms with Gasteiger partial charge in [-0.1, -0.05) is 41.7 Å². The number of piperazine rings is 1. The molecule has 0 bridgehead atoms. The van der Waals surface area contributed by atoms with E-state index in [1.807, 2.05) is 47.0 Å². The van der Waals surface area contributed by atoms with Crippen LogP contribution in [0.5, 0.6) is 0 Å². The standard InChI is InChI=1S/C20H22N4OS/c1-16-18(26-20(21-16)24-9-5-6-10-24)19(25)23-13-11-22(12-14-23)15-17-7-3-2-4-8-17/h2-10H,11-15H2,1H3. The zero-order valence-corrected chi connectivity index (χ0v) is 15.7. The van der Waals surface area contributed by atoms with E-state index in [2.05, 4.69) is 34.1 Å². The lowest BCUT2D eigenvalue weighted by Crippen LogP contribution is -2.48. The maximum absolute atomic E-state index is 12.9. The van der Waals surface area contributed by atoms with Crippen LogP contribution in [0, 0.1) is 6.92 Å². The molecule has 1 amide bonds. The van der Waals surface area contributed by atoms with Gasteiger partial charge in [0, 0.05) is 45.1 Å². The van der Waals surface area contributed by atoms with Gasteiger partial charge >= 0.3 is 0 Å². The Labute approximate surface area is 157 Å². The molecule has 2 aromatic heterocycles. The van der Waals surface area contributed by atoms with Crippen LogP contribution in [0.3, 0.4) is 0 Å². The van der Waals surface area contributed by atoms with Gasteiger partial charge < -0.3 is 9.47 Å². The van der Waals surface area contributed by atoms with Crippen molar-refractivity contribution in [2.75, 3.05) is 26.2 Å². The van der Waals surface area contributed by atoms with E-state index in [0.717, 1.165) is 48.4 Å². The smallest absolute Gasteiger partial charge is 0.266 e. The van der Waals surface area contributed by atoms with Crippen molar-refractivity contribution in [2.24, 2.45) is 0 Å². The predicted molar refractivity (Wildman–Crippen MR) is 104 cm³/mol. The van der Waals surface area contributed by atoms with E-state index in [1.165, 1.54) is 16.9 Å². The Bertz CT molecular complexity index is 865. The highest BCUT2D eigenvalue weighted by Gasteiger charge is 2.25. The molecular formula is C20H22N4OS. The highest BCUT2D eigenvalue weighted by molar-refractivity contribution is 7.16. The summed E-state index contributed by atoms with van der Waals surface area (Å²) in [6.45, 7) is 6.21. The zero-order valence-electron chi connectivity index (χ0n) is 14.8. The second-order valence-electron chi connectivity index (χ2n) is 6.56. The Hall–Kier alpha value is -2.44. The van der Waals surface area contributed by atoms with Gasteiger partial charge in [-0.3, -0.25) is 9.69 Å². The lowest BCUT2D eigenvalue weighted by atomic mass is 10.2. The van der Waals surface area contributed by atoms with E-state index < -0.39 is 0 Å². The van der Waals surface area contributed by atoms with Crippen LogP contribution in [-0.4, -0.2) is 51.4 Å². The third kappa shape index (κ3) is 3.57. The second-order valence-corrected chi connectivity index (χ2v) is 7.53. The van der Waals surface area contributed by atoms with Crippen LogP contribution in [0.15, 0.2) is 54.9 Å². The fraction of sp³-hybridized carbons (Fsp3) is 0.300. The molecule has 0 radical (unpaired) electrons. The summed E-state index contributed by atoms with van der Waals surface area (Å²) in [6.07, 6.45) is 3.91. The molecule has 0 atom stereocenters. The number of benzene rings is 1. The average molecular weight is 366 g/mol. The van der Waals surface area contributed by atoms with Gasteiger partial charge in [-0.15, -0.1) is 0 Å². The molecule has 4 rings (SSSR count). The van der Waals surface area contributed by atoms with Crippen LogP contribution < -0.4 is 0 Å². The summed E-state index contributed by atoms with van der Waals surface area (Å²) in [7, 11) is 0.